The summed E-state index contributed by atoms with van der Waals surface area (Å²) in [6.07, 6.45) is 5.90. The van der Waals surface area contributed by atoms with E-state index in [1.165, 1.54) is 0 Å². The second-order valence-corrected chi connectivity index (χ2v) is 7.20. The number of nitrogens with zero attached hydrogens (tertiary/aromatic N) is 6. The molecule has 0 unspecified atom stereocenters. The number of hydrogen-bond acceptors (Lipinski definition) is 9. The summed E-state index contributed by atoms with van der Waals surface area (Å²) in [5.41, 5.74) is 6.60. The number of nitrogens with one attached hydrogen (secondary N) is 1. The molecular formula is C21H23N7O2. The molecule has 4 aromatic heterocycles. The SMILES string of the molecule is Cc1cnc(-c2nc(NCCc3c(C)noc3C)ncc2-c2onc(C)c2C)cn1. The molecule has 0 saturated heterocycles. The first-order chi connectivity index (χ1) is 14.4. The van der Waals surface area contributed by atoms with Crippen LogP contribution in [-0.4, -0.2) is 36.8 Å². The molecule has 0 atom stereocenters. The quantitative estimate of drug-likeness (QED) is 0.511. The first-order valence-electron chi connectivity index (χ1n) is 9.69. The molecule has 4 aromatic rings. The molecule has 0 fully saturated rings. The summed E-state index contributed by atoms with van der Waals surface area (Å²) in [6.45, 7) is 10.2. The molecule has 0 aliphatic carbocycles. The molecule has 9 heteroatoms. The minimum Gasteiger partial charge on any atom is -0.361 e. The molecule has 0 spiro atoms. The Balaban J connectivity index is 1.65. The highest BCUT2D eigenvalue weighted by Gasteiger charge is 2.19. The van der Waals surface area contributed by atoms with E-state index in [-0.39, 0.29) is 0 Å². The van der Waals surface area contributed by atoms with Gasteiger partial charge in [0.05, 0.1) is 28.8 Å². The number of aryl methyl sites for hydroxylation is 4. The minimum absolute atomic E-state index is 0.497. The van der Waals surface area contributed by atoms with Gasteiger partial charge in [0.15, 0.2) is 5.76 Å². The predicted molar refractivity (Wildman–Crippen MR) is 111 cm³/mol. The molecular weight excluding hydrogens is 382 g/mol. The predicted octanol–water partition coefficient (Wildman–Crippen LogP) is 3.77. The second kappa shape index (κ2) is 8.02. The van der Waals surface area contributed by atoms with Crippen molar-refractivity contribution in [3.8, 4) is 22.7 Å². The lowest BCUT2D eigenvalue weighted by atomic mass is 10.1. The summed E-state index contributed by atoms with van der Waals surface area (Å²) in [6, 6.07) is 0. The topological polar surface area (TPSA) is 116 Å². The average molecular weight is 405 g/mol. The van der Waals surface area contributed by atoms with E-state index in [0.29, 0.717) is 29.6 Å². The van der Waals surface area contributed by atoms with Crippen LogP contribution in [0, 0.1) is 34.6 Å². The highest BCUT2D eigenvalue weighted by Crippen LogP contribution is 2.32. The number of rotatable bonds is 6. The van der Waals surface area contributed by atoms with Crippen molar-refractivity contribution in [3.63, 3.8) is 0 Å². The van der Waals surface area contributed by atoms with Crippen molar-refractivity contribution >= 4 is 5.95 Å². The van der Waals surface area contributed by atoms with Crippen molar-refractivity contribution in [2.75, 3.05) is 11.9 Å². The third-order valence-corrected chi connectivity index (χ3v) is 5.05. The first-order valence-corrected chi connectivity index (χ1v) is 9.69. The van der Waals surface area contributed by atoms with E-state index in [2.05, 4.69) is 30.6 Å². The largest absolute Gasteiger partial charge is 0.361 e. The minimum atomic E-state index is 0.497. The van der Waals surface area contributed by atoms with Crippen LogP contribution in [-0.2, 0) is 6.42 Å². The Hall–Kier alpha value is -3.62. The van der Waals surface area contributed by atoms with E-state index in [1.54, 1.807) is 18.6 Å². The summed E-state index contributed by atoms with van der Waals surface area (Å²) in [7, 11) is 0. The molecule has 154 valence electrons. The van der Waals surface area contributed by atoms with Crippen LogP contribution < -0.4 is 5.32 Å². The molecule has 4 rings (SSSR count). The van der Waals surface area contributed by atoms with E-state index in [1.807, 2.05) is 34.6 Å². The summed E-state index contributed by atoms with van der Waals surface area (Å²) >= 11 is 0. The zero-order valence-electron chi connectivity index (χ0n) is 17.6. The van der Waals surface area contributed by atoms with Gasteiger partial charge in [-0.05, 0) is 41.0 Å². The Morgan fingerprint density at radius 2 is 1.67 bits per heavy atom. The highest BCUT2D eigenvalue weighted by molar-refractivity contribution is 5.77. The molecule has 9 nitrogen and oxygen atoms in total. The van der Waals surface area contributed by atoms with Crippen molar-refractivity contribution in [2.45, 2.75) is 41.0 Å². The molecule has 0 amide bonds. The molecule has 1 N–H and O–H groups in total. The van der Waals surface area contributed by atoms with Crippen molar-refractivity contribution in [1.29, 1.82) is 0 Å². The Morgan fingerprint density at radius 1 is 0.867 bits per heavy atom. The van der Waals surface area contributed by atoms with E-state index < -0.39 is 0 Å². The van der Waals surface area contributed by atoms with Crippen molar-refractivity contribution in [2.24, 2.45) is 0 Å². The van der Waals surface area contributed by atoms with Gasteiger partial charge in [-0.15, -0.1) is 0 Å². The van der Waals surface area contributed by atoms with Gasteiger partial charge in [0, 0.05) is 30.1 Å². The van der Waals surface area contributed by atoms with Gasteiger partial charge in [0.2, 0.25) is 5.95 Å². The lowest BCUT2D eigenvalue weighted by Crippen LogP contribution is -2.10. The van der Waals surface area contributed by atoms with Crippen LogP contribution in [0.4, 0.5) is 5.95 Å². The van der Waals surface area contributed by atoms with Crippen molar-refractivity contribution in [1.82, 2.24) is 30.2 Å². The fourth-order valence-electron chi connectivity index (χ4n) is 3.17. The molecule has 4 heterocycles. The van der Waals surface area contributed by atoms with Gasteiger partial charge in [-0.1, -0.05) is 10.3 Å². The maximum absolute atomic E-state index is 5.55. The lowest BCUT2D eigenvalue weighted by Gasteiger charge is -2.10. The van der Waals surface area contributed by atoms with Crippen LogP contribution >= 0.6 is 0 Å². The number of hydrogen-bond donors (Lipinski definition) is 1. The summed E-state index contributed by atoms with van der Waals surface area (Å²) in [4.78, 5) is 18.0. The number of anilines is 1. The highest BCUT2D eigenvalue weighted by atomic mass is 16.5. The second-order valence-electron chi connectivity index (χ2n) is 7.20. The van der Waals surface area contributed by atoms with E-state index in [4.69, 9.17) is 14.0 Å². The Bertz CT molecular complexity index is 1160. The van der Waals surface area contributed by atoms with Crippen molar-refractivity contribution in [3.05, 3.63) is 52.6 Å². The Morgan fingerprint density at radius 3 is 2.30 bits per heavy atom. The number of aromatic nitrogens is 6. The molecule has 0 saturated carbocycles. The van der Waals surface area contributed by atoms with Gasteiger partial charge >= 0.3 is 0 Å². The van der Waals surface area contributed by atoms with Crippen molar-refractivity contribution < 1.29 is 9.05 Å². The standard InChI is InChI=1S/C21H23N7O2/c1-11-8-24-18(10-23-11)19-17(20-12(2)13(3)27-30-20)9-25-21(26-19)22-7-6-16-14(4)28-29-15(16)5/h8-10H,6-7H2,1-5H3,(H,22,25,26). The average Bonchev–Trinajstić information content (AvgIpc) is 3.24. The molecule has 0 aromatic carbocycles. The van der Waals surface area contributed by atoms with Crippen LogP contribution in [0.2, 0.25) is 0 Å². The fraction of sp³-hybridized carbons (Fsp3) is 0.333. The first kappa shape index (κ1) is 19.7. The Labute approximate surface area is 174 Å². The Kier molecular flexibility index (Phi) is 5.26. The molecule has 0 aliphatic heterocycles. The third kappa shape index (κ3) is 3.78. The van der Waals surface area contributed by atoms with Gasteiger partial charge in [-0.25, -0.2) is 9.97 Å². The normalized spacial score (nSPS) is 11.1. The van der Waals surface area contributed by atoms with Crippen LogP contribution in [0.5, 0.6) is 0 Å². The van der Waals surface area contributed by atoms with Gasteiger partial charge in [0.1, 0.15) is 17.1 Å². The van der Waals surface area contributed by atoms with Crippen LogP contribution in [0.15, 0.2) is 27.6 Å². The van der Waals surface area contributed by atoms with Gasteiger partial charge in [0.25, 0.3) is 0 Å². The monoisotopic (exact) mass is 405 g/mol. The maximum atomic E-state index is 5.55. The molecule has 0 radical (unpaired) electrons. The van der Waals surface area contributed by atoms with E-state index in [0.717, 1.165) is 46.0 Å². The van der Waals surface area contributed by atoms with Gasteiger partial charge < -0.3 is 14.4 Å². The van der Waals surface area contributed by atoms with Gasteiger partial charge in [-0.2, -0.15) is 0 Å². The van der Waals surface area contributed by atoms with Crippen LogP contribution in [0.3, 0.4) is 0 Å². The molecule has 30 heavy (non-hydrogen) atoms. The van der Waals surface area contributed by atoms with E-state index in [9.17, 15) is 0 Å². The van der Waals surface area contributed by atoms with Crippen LogP contribution in [0.1, 0.15) is 34.0 Å². The van der Waals surface area contributed by atoms with Crippen LogP contribution in [0.25, 0.3) is 22.7 Å². The third-order valence-electron chi connectivity index (χ3n) is 5.05. The summed E-state index contributed by atoms with van der Waals surface area (Å²) in [5, 5.41) is 11.3. The zero-order valence-corrected chi connectivity index (χ0v) is 17.6. The summed E-state index contributed by atoms with van der Waals surface area (Å²) in [5.74, 6) is 1.96. The smallest absolute Gasteiger partial charge is 0.223 e. The fourth-order valence-corrected chi connectivity index (χ4v) is 3.17. The summed E-state index contributed by atoms with van der Waals surface area (Å²) < 4.78 is 10.8. The molecule has 0 aliphatic rings. The zero-order chi connectivity index (χ0) is 21.3. The molecule has 0 bridgehead atoms. The lowest BCUT2D eigenvalue weighted by molar-refractivity contribution is 0.392. The van der Waals surface area contributed by atoms with E-state index >= 15 is 0 Å². The maximum Gasteiger partial charge on any atom is 0.223 e. The van der Waals surface area contributed by atoms with Gasteiger partial charge in [-0.3, -0.25) is 9.97 Å².